The third-order valence-electron chi connectivity index (χ3n) is 2.94. The van der Waals surface area contributed by atoms with Crippen molar-refractivity contribution in [3.05, 3.63) is 11.1 Å². The molecule has 1 N–H and O–H groups in total. The van der Waals surface area contributed by atoms with E-state index in [4.69, 9.17) is 4.74 Å². The van der Waals surface area contributed by atoms with Crippen molar-refractivity contribution in [2.75, 3.05) is 0 Å². The zero-order valence-electron chi connectivity index (χ0n) is 13.9. The SMILES string of the molecule is CC(=O)C(NC(=O)/C(C)=C(\C)C(=O)OC(C)C)C(C)C.S. The number of hydrogen-bond donors (Lipinski definition) is 1. The van der Waals surface area contributed by atoms with Crippen molar-refractivity contribution in [3.63, 3.8) is 0 Å². The number of ether oxygens (including phenoxy) is 1. The van der Waals surface area contributed by atoms with Gasteiger partial charge in [-0.1, -0.05) is 13.8 Å². The molecule has 0 aliphatic heterocycles. The molecule has 0 saturated carbocycles. The van der Waals surface area contributed by atoms with Crippen molar-refractivity contribution in [3.8, 4) is 0 Å². The predicted octanol–water partition coefficient (Wildman–Crippen LogP) is 2.12. The smallest absolute Gasteiger partial charge is 0.334 e. The Morgan fingerprint density at radius 3 is 1.71 bits per heavy atom. The van der Waals surface area contributed by atoms with Crippen LogP contribution in [0.25, 0.3) is 0 Å². The Labute approximate surface area is 133 Å². The minimum atomic E-state index is -0.550. The van der Waals surface area contributed by atoms with Gasteiger partial charge >= 0.3 is 5.97 Å². The summed E-state index contributed by atoms with van der Waals surface area (Å²) in [6.07, 6.45) is -0.242. The van der Waals surface area contributed by atoms with Crippen LogP contribution in [0, 0.1) is 5.92 Å². The molecule has 0 bridgehead atoms. The van der Waals surface area contributed by atoms with Crippen molar-refractivity contribution in [1.29, 1.82) is 0 Å². The highest BCUT2D eigenvalue weighted by molar-refractivity contribution is 7.59. The number of carbonyl (C=O) groups is 3. The van der Waals surface area contributed by atoms with Crippen LogP contribution in [0.2, 0.25) is 0 Å². The van der Waals surface area contributed by atoms with Gasteiger partial charge in [0.15, 0.2) is 5.78 Å². The second-order valence-electron chi connectivity index (χ2n) is 5.51. The third kappa shape index (κ3) is 7.32. The molecule has 0 saturated heterocycles. The Morgan fingerprint density at radius 1 is 0.905 bits per heavy atom. The lowest BCUT2D eigenvalue weighted by Gasteiger charge is -2.20. The van der Waals surface area contributed by atoms with Gasteiger partial charge in [0.25, 0.3) is 0 Å². The third-order valence-corrected chi connectivity index (χ3v) is 2.94. The van der Waals surface area contributed by atoms with E-state index < -0.39 is 17.9 Å². The predicted molar refractivity (Wildman–Crippen MR) is 87.4 cm³/mol. The normalized spacial score (nSPS) is 13.2. The second kappa shape index (κ2) is 9.60. The number of Topliss-reactive ketones (excluding diaryl/α,β-unsaturated/α-hetero) is 1. The molecule has 0 aromatic carbocycles. The maximum absolute atomic E-state index is 12.1. The van der Waals surface area contributed by atoms with Crippen LogP contribution in [0.3, 0.4) is 0 Å². The summed E-state index contributed by atoms with van der Waals surface area (Å²) in [5.74, 6) is -1.05. The van der Waals surface area contributed by atoms with Gasteiger partial charge in [0.05, 0.1) is 12.1 Å². The van der Waals surface area contributed by atoms with Crippen molar-refractivity contribution < 1.29 is 19.1 Å². The van der Waals surface area contributed by atoms with Gasteiger partial charge in [0.1, 0.15) is 0 Å². The number of rotatable bonds is 6. The average Bonchev–Trinajstić information content (AvgIpc) is 2.31. The van der Waals surface area contributed by atoms with Crippen molar-refractivity contribution in [2.45, 2.75) is 60.6 Å². The van der Waals surface area contributed by atoms with E-state index in [2.05, 4.69) is 5.32 Å². The largest absolute Gasteiger partial charge is 0.460 e. The van der Waals surface area contributed by atoms with E-state index in [1.807, 2.05) is 13.8 Å². The minimum absolute atomic E-state index is 0. The van der Waals surface area contributed by atoms with Gasteiger partial charge in [-0.3, -0.25) is 9.59 Å². The van der Waals surface area contributed by atoms with Crippen LogP contribution in [0.1, 0.15) is 48.5 Å². The van der Waals surface area contributed by atoms with Crippen molar-refractivity contribution in [2.24, 2.45) is 5.92 Å². The first-order valence-corrected chi connectivity index (χ1v) is 6.77. The zero-order chi connectivity index (χ0) is 16.0. The molecule has 6 heteroatoms. The molecule has 1 unspecified atom stereocenters. The molecule has 0 heterocycles. The van der Waals surface area contributed by atoms with E-state index in [1.54, 1.807) is 20.8 Å². The molecular formula is C15H27NO4S. The Morgan fingerprint density at radius 2 is 1.38 bits per heavy atom. The quantitative estimate of drug-likeness (QED) is 0.601. The van der Waals surface area contributed by atoms with Gasteiger partial charge < -0.3 is 10.1 Å². The second-order valence-corrected chi connectivity index (χ2v) is 5.51. The van der Waals surface area contributed by atoms with E-state index in [0.29, 0.717) is 0 Å². The summed E-state index contributed by atoms with van der Waals surface area (Å²) in [5.41, 5.74) is 0.518. The number of hydrogen-bond acceptors (Lipinski definition) is 4. The fraction of sp³-hybridized carbons (Fsp3) is 0.667. The molecule has 0 aliphatic carbocycles. The van der Waals surface area contributed by atoms with E-state index in [1.165, 1.54) is 13.8 Å². The number of esters is 1. The minimum Gasteiger partial charge on any atom is -0.460 e. The highest BCUT2D eigenvalue weighted by atomic mass is 32.1. The van der Waals surface area contributed by atoms with Gasteiger partial charge in [-0.2, -0.15) is 13.5 Å². The number of nitrogens with one attached hydrogen (secondary N) is 1. The summed E-state index contributed by atoms with van der Waals surface area (Å²) in [6, 6.07) is -0.550. The topological polar surface area (TPSA) is 72.5 Å². The van der Waals surface area contributed by atoms with Crippen molar-refractivity contribution in [1.82, 2.24) is 5.32 Å². The van der Waals surface area contributed by atoms with Crippen LogP contribution in [-0.4, -0.2) is 29.8 Å². The molecule has 21 heavy (non-hydrogen) atoms. The molecule has 0 rings (SSSR count). The molecule has 0 aromatic heterocycles. The lowest BCUT2D eigenvalue weighted by Crippen LogP contribution is -2.44. The van der Waals surface area contributed by atoms with Crippen LogP contribution in [-0.2, 0) is 19.1 Å². The highest BCUT2D eigenvalue weighted by Crippen LogP contribution is 2.10. The van der Waals surface area contributed by atoms with Crippen LogP contribution in [0.15, 0.2) is 11.1 Å². The molecule has 5 nitrogen and oxygen atoms in total. The lowest BCUT2D eigenvalue weighted by molar-refractivity contribution is -0.142. The summed E-state index contributed by atoms with van der Waals surface area (Å²) in [7, 11) is 0. The molecule has 122 valence electrons. The first-order chi connectivity index (χ1) is 9.07. The maximum atomic E-state index is 12.1. The summed E-state index contributed by atoms with van der Waals surface area (Å²) >= 11 is 0. The van der Waals surface area contributed by atoms with E-state index in [0.717, 1.165) is 0 Å². The maximum Gasteiger partial charge on any atom is 0.334 e. The number of carbonyl (C=O) groups excluding carboxylic acids is 3. The Hall–Kier alpha value is -1.30. The fourth-order valence-electron chi connectivity index (χ4n) is 1.61. The molecule has 0 fully saturated rings. The summed E-state index contributed by atoms with van der Waals surface area (Å²) in [5, 5.41) is 2.65. The molecule has 1 amide bonds. The average molecular weight is 317 g/mol. The van der Waals surface area contributed by atoms with Gasteiger partial charge in [-0.05, 0) is 40.5 Å². The van der Waals surface area contributed by atoms with E-state index in [9.17, 15) is 14.4 Å². The molecule has 0 spiro atoms. The molecule has 0 aliphatic rings. The van der Waals surface area contributed by atoms with Crippen LogP contribution < -0.4 is 5.32 Å². The van der Waals surface area contributed by atoms with Crippen LogP contribution in [0.4, 0.5) is 0 Å². The standard InChI is InChI=1S/C15H25NO4.H2S/c1-8(2)13(12(7)17)16-14(18)10(5)11(6)15(19)20-9(3)4;/h8-9,13H,1-7H3,(H,16,18);1H2/b11-10+;. The monoisotopic (exact) mass is 317 g/mol. The van der Waals surface area contributed by atoms with Crippen LogP contribution >= 0.6 is 13.5 Å². The summed E-state index contributed by atoms with van der Waals surface area (Å²) < 4.78 is 5.04. The Balaban J connectivity index is 0. The van der Waals surface area contributed by atoms with Gasteiger partial charge in [0.2, 0.25) is 5.91 Å². The first-order valence-electron chi connectivity index (χ1n) is 6.77. The Bertz CT molecular complexity index is 427. The van der Waals surface area contributed by atoms with Crippen molar-refractivity contribution >= 4 is 31.2 Å². The van der Waals surface area contributed by atoms with Crippen LogP contribution in [0.5, 0.6) is 0 Å². The molecule has 1 atom stereocenters. The van der Waals surface area contributed by atoms with E-state index >= 15 is 0 Å². The zero-order valence-corrected chi connectivity index (χ0v) is 14.9. The molecule has 0 aromatic rings. The van der Waals surface area contributed by atoms with Gasteiger partial charge in [-0.25, -0.2) is 4.79 Å². The molecule has 0 radical (unpaired) electrons. The van der Waals surface area contributed by atoms with E-state index in [-0.39, 0.29) is 42.4 Å². The van der Waals surface area contributed by atoms with Gasteiger partial charge in [-0.15, -0.1) is 0 Å². The fourth-order valence-corrected chi connectivity index (χ4v) is 1.61. The summed E-state index contributed by atoms with van der Waals surface area (Å²) in [4.78, 5) is 35.3. The van der Waals surface area contributed by atoms with Gasteiger partial charge in [0, 0.05) is 11.1 Å². The number of ketones is 1. The summed E-state index contributed by atoms with van der Waals surface area (Å²) in [6.45, 7) is 11.7. The first kappa shape index (κ1) is 22.0. The number of amides is 1. The Kier molecular flexibility index (Phi) is 10.1. The molecular weight excluding hydrogens is 290 g/mol. The highest BCUT2D eigenvalue weighted by Gasteiger charge is 2.23. The lowest BCUT2D eigenvalue weighted by atomic mass is 10.00.